The minimum absolute atomic E-state index is 0.0266. The summed E-state index contributed by atoms with van der Waals surface area (Å²) in [5.41, 5.74) is 5.42. The molecule has 40 heavy (non-hydrogen) atoms. The molecule has 1 N–H and O–H groups in total. The largest absolute Gasteiger partial charge is 0.493 e. The molecule has 3 aromatic carbocycles. The lowest BCUT2D eigenvalue weighted by atomic mass is 9.71. The zero-order valence-corrected chi connectivity index (χ0v) is 23.2. The molecule has 0 saturated heterocycles. The second-order valence-electron chi connectivity index (χ2n) is 10.2. The fourth-order valence-corrected chi connectivity index (χ4v) is 5.60. The van der Waals surface area contributed by atoms with Gasteiger partial charge in [-0.05, 0) is 54.5 Å². The predicted molar refractivity (Wildman–Crippen MR) is 154 cm³/mol. The van der Waals surface area contributed by atoms with Crippen molar-refractivity contribution in [1.82, 2.24) is 5.32 Å². The molecule has 0 unspecified atom stereocenters. The van der Waals surface area contributed by atoms with Gasteiger partial charge in [0.25, 0.3) is 0 Å². The topological polar surface area (TPSA) is 73.9 Å². The van der Waals surface area contributed by atoms with Crippen molar-refractivity contribution >= 4 is 11.8 Å². The summed E-state index contributed by atoms with van der Waals surface area (Å²) < 4.78 is 17.3. The van der Waals surface area contributed by atoms with Gasteiger partial charge >= 0.3 is 5.97 Å². The third-order valence-electron chi connectivity index (χ3n) is 7.51. The first-order valence-corrected chi connectivity index (χ1v) is 13.8. The fraction of sp³-hybridized carbons (Fsp3) is 0.294. The lowest BCUT2D eigenvalue weighted by Crippen LogP contribution is -2.36. The number of carbonyl (C=O) groups excluding carboxylic acids is 2. The number of methoxy groups -OCH3 is 1. The number of carbonyl (C=O) groups is 2. The van der Waals surface area contributed by atoms with E-state index in [4.69, 9.17) is 14.2 Å². The summed E-state index contributed by atoms with van der Waals surface area (Å²) in [6.07, 6.45) is 1.92. The number of esters is 1. The van der Waals surface area contributed by atoms with E-state index in [1.807, 2.05) is 80.6 Å². The van der Waals surface area contributed by atoms with Gasteiger partial charge in [-0.3, -0.25) is 4.79 Å². The molecular formula is C34H35NO5. The molecule has 0 fully saturated rings. The normalized spacial score (nSPS) is 18.6. The maximum Gasteiger partial charge on any atom is 0.337 e. The second-order valence-corrected chi connectivity index (χ2v) is 10.2. The van der Waals surface area contributed by atoms with Gasteiger partial charge in [-0.1, -0.05) is 73.7 Å². The summed E-state index contributed by atoms with van der Waals surface area (Å²) in [6.45, 7) is 4.63. The average molecular weight is 538 g/mol. The van der Waals surface area contributed by atoms with Crippen LogP contribution in [0.5, 0.6) is 11.5 Å². The van der Waals surface area contributed by atoms with Crippen molar-refractivity contribution in [2.24, 2.45) is 0 Å². The summed E-state index contributed by atoms with van der Waals surface area (Å²) in [4.78, 5) is 27.6. The summed E-state index contributed by atoms with van der Waals surface area (Å²) in [7, 11) is 1.59. The Labute approximate surface area is 235 Å². The van der Waals surface area contributed by atoms with E-state index in [-0.39, 0.29) is 18.3 Å². The number of benzene rings is 3. The van der Waals surface area contributed by atoms with Crippen molar-refractivity contribution in [3.63, 3.8) is 0 Å². The van der Waals surface area contributed by atoms with Crippen LogP contribution in [0.1, 0.15) is 61.6 Å². The Bertz CT molecular complexity index is 1440. The number of rotatable bonds is 9. The summed E-state index contributed by atoms with van der Waals surface area (Å²) in [5, 5.41) is 3.43. The molecule has 2 aliphatic rings. The minimum atomic E-state index is -0.585. The van der Waals surface area contributed by atoms with Crippen LogP contribution in [0.3, 0.4) is 0 Å². The molecule has 2 atom stereocenters. The first-order valence-electron chi connectivity index (χ1n) is 13.8. The smallest absolute Gasteiger partial charge is 0.337 e. The lowest BCUT2D eigenvalue weighted by molar-refractivity contribution is -0.140. The molecule has 0 saturated carbocycles. The Morgan fingerprint density at radius 2 is 1.65 bits per heavy atom. The minimum Gasteiger partial charge on any atom is -0.493 e. The molecule has 1 aliphatic carbocycles. The number of ether oxygens (including phenoxy) is 3. The first kappa shape index (κ1) is 27.3. The highest BCUT2D eigenvalue weighted by molar-refractivity contribution is 6.04. The van der Waals surface area contributed by atoms with Gasteiger partial charge in [0.1, 0.15) is 6.61 Å². The molecule has 6 heteroatoms. The van der Waals surface area contributed by atoms with Crippen molar-refractivity contribution in [3.8, 4) is 11.5 Å². The van der Waals surface area contributed by atoms with E-state index in [1.165, 1.54) is 0 Å². The van der Waals surface area contributed by atoms with Gasteiger partial charge in [0.15, 0.2) is 17.3 Å². The third kappa shape index (κ3) is 5.67. The number of Topliss-reactive ketones (excluding diaryl/α,β-unsaturated/α-hetero) is 1. The van der Waals surface area contributed by atoms with E-state index >= 15 is 0 Å². The monoisotopic (exact) mass is 537 g/mol. The number of nitrogens with one attached hydrogen (secondary N) is 1. The van der Waals surface area contributed by atoms with Crippen molar-refractivity contribution in [2.45, 2.75) is 51.6 Å². The van der Waals surface area contributed by atoms with Gasteiger partial charge in [-0.2, -0.15) is 0 Å². The van der Waals surface area contributed by atoms with Crippen molar-refractivity contribution in [1.29, 1.82) is 0 Å². The van der Waals surface area contributed by atoms with Gasteiger partial charge in [0.05, 0.1) is 19.3 Å². The molecule has 5 rings (SSSR count). The number of hydrogen-bond donors (Lipinski definition) is 1. The van der Waals surface area contributed by atoms with Crippen LogP contribution in [0.25, 0.3) is 0 Å². The Morgan fingerprint density at radius 3 is 2.35 bits per heavy atom. The van der Waals surface area contributed by atoms with Crippen molar-refractivity contribution < 1.29 is 23.8 Å². The Kier molecular flexibility index (Phi) is 8.34. The van der Waals surface area contributed by atoms with E-state index < -0.39 is 11.9 Å². The second kappa shape index (κ2) is 12.2. The number of dihydropyridines is 1. The molecule has 0 radical (unpaired) electrons. The quantitative estimate of drug-likeness (QED) is 0.311. The van der Waals surface area contributed by atoms with Gasteiger partial charge in [-0.25, -0.2) is 4.79 Å². The standard InChI is InChI=1S/C34H35NO5/c1-4-17-39-29-16-15-25(20-30(29)38-3)32-31(34(37)40-21-23-11-7-5-8-12-23)22(2)35-27-18-26(19-28(36)33(27)32)24-13-9-6-10-14-24/h5-16,20,26,32,35H,4,17-19,21H2,1-3H3/t26-,32+/m1/s1. The molecule has 1 heterocycles. The maximum atomic E-state index is 13.9. The van der Waals surface area contributed by atoms with E-state index in [2.05, 4.69) is 17.4 Å². The molecule has 0 bridgehead atoms. The number of allylic oxidation sites excluding steroid dienone is 3. The molecule has 0 aromatic heterocycles. The highest BCUT2D eigenvalue weighted by atomic mass is 16.5. The van der Waals surface area contributed by atoms with Crippen molar-refractivity contribution in [3.05, 3.63) is 118 Å². The Balaban J connectivity index is 1.54. The SMILES string of the molecule is CCCOc1ccc([C@H]2C(C(=O)OCc3ccccc3)=C(C)NC3=C2C(=O)C[C@H](c2ccccc2)C3)cc1OC. The molecule has 3 aromatic rings. The van der Waals surface area contributed by atoms with Crippen molar-refractivity contribution in [2.75, 3.05) is 13.7 Å². The van der Waals surface area contributed by atoms with E-state index in [0.717, 1.165) is 28.8 Å². The van der Waals surface area contributed by atoms with Crippen LogP contribution in [0.2, 0.25) is 0 Å². The van der Waals surface area contributed by atoms with Gasteiger partial charge < -0.3 is 19.5 Å². The summed E-state index contributed by atoms with van der Waals surface area (Å²) >= 11 is 0. The fourth-order valence-electron chi connectivity index (χ4n) is 5.60. The van der Waals surface area contributed by atoms with E-state index in [9.17, 15) is 9.59 Å². The van der Waals surface area contributed by atoms with Gasteiger partial charge in [-0.15, -0.1) is 0 Å². The highest BCUT2D eigenvalue weighted by Gasteiger charge is 2.41. The molecule has 0 spiro atoms. The molecule has 206 valence electrons. The molecule has 0 amide bonds. The number of ketones is 1. The van der Waals surface area contributed by atoms with Gasteiger partial charge in [0, 0.05) is 29.3 Å². The zero-order valence-electron chi connectivity index (χ0n) is 23.2. The first-order chi connectivity index (χ1) is 19.5. The Hall–Kier alpha value is -4.32. The lowest BCUT2D eigenvalue weighted by Gasteiger charge is -2.37. The van der Waals surface area contributed by atoms with E-state index in [0.29, 0.717) is 47.8 Å². The molecular weight excluding hydrogens is 502 g/mol. The van der Waals surface area contributed by atoms with Crippen LogP contribution >= 0.6 is 0 Å². The predicted octanol–water partition coefficient (Wildman–Crippen LogP) is 6.59. The van der Waals surface area contributed by atoms with Gasteiger partial charge in [0.2, 0.25) is 0 Å². The van der Waals surface area contributed by atoms with E-state index in [1.54, 1.807) is 7.11 Å². The molecule has 1 aliphatic heterocycles. The third-order valence-corrected chi connectivity index (χ3v) is 7.51. The van der Waals surface area contributed by atoms with Crippen LogP contribution in [0.4, 0.5) is 0 Å². The van der Waals surface area contributed by atoms with Crippen LogP contribution in [0.15, 0.2) is 101 Å². The maximum absolute atomic E-state index is 13.9. The van der Waals surface area contributed by atoms with Crippen LogP contribution in [-0.2, 0) is 20.9 Å². The summed E-state index contributed by atoms with van der Waals surface area (Å²) in [6, 6.07) is 25.3. The van der Waals surface area contributed by atoms with Crippen LogP contribution in [-0.4, -0.2) is 25.5 Å². The zero-order chi connectivity index (χ0) is 28.1. The molecule has 6 nitrogen and oxygen atoms in total. The number of hydrogen-bond acceptors (Lipinski definition) is 6. The summed E-state index contributed by atoms with van der Waals surface area (Å²) in [5.74, 6) is 0.251. The Morgan fingerprint density at radius 1 is 0.925 bits per heavy atom. The highest BCUT2D eigenvalue weighted by Crippen LogP contribution is 2.47. The average Bonchev–Trinajstić information content (AvgIpc) is 2.99. The van der Waals surface area contributed by atoms with Crippen LogP contribution < -0.4 is 14.8 Å². The van der Waals surface area contributed by atoms with Crippen LogP contribution in [0, 0.1) is 0 Å².